The van der Waals surface area contributed by atoms with Crippen LogP contribution >= 0.6 is 0 Å². The van der Waals surface area contributed by atoms with Gasteiger partial charge in [0, 0.05) is 7.11 Å². The Labute approximate surface area is 193 Å². The Balaban J connectivity index is 1.51. The fourth-order valence-electron chi connectivity index (χ4n) is 9.01. The van der Waals surface area contributed by atoms with E-state index in [1.165, 1.54) is 57.8 Å². The molecule has 0 radical (unpaired) electrons. The minimum atomic E-state index is 0.453. The van der Waals surface area contributed by atoms with E-state index >= 15 is 0 Å². The monoisotopic (exact) mass is 426 g/mol. The largest absolute Gasteiger partial charge is 0.381 e. The van der Waals surface area contributed by atoms with Crippen LogP contribution in [0.5, 0.6) is 0 Å². The van der Waals surface area contributed by atoms with Gasteiger partial charge in [0.25, 0.3) is 0 Å². The highest BCUT2D eigenvalue weighted by Gasteiger charge is 2.59. The fraction of sp³-hybridized carbons (Fsp3) is 0.867. The van der Waals surface area contributed by atoms with E-state index < -0.39 is 0 Å². The third kappa shape index (κ3) is 4.00. The SMILES string of the molecule is CC[C@H](/C=C/[C@@H](C)[C@H]1CC[C@@H]2[C@@H]3CC=C4C[C@@H](OC)CC[C@]4(C)[C@H]3CC[C@@]21C)C(C)C. The van der Waals surface area contributed by atoms with Gasteiger partial charge in [-0.25, -0.2) is 0 Å². The third-order valence-corrected chi connectivity index (χ3v) is 11.1. The average molecular weight is 427 g/mol. The Morgan fingerprint density at radius 2 is 1.81 bits per heavy atom. The summed E-state index contributed by atoms with van der Waals surface area (Å²) in [5, 5.41) is 0. The zero-order valence-electron chi connectivity index (χ0n) is 21.6. The molecule has 0 aromatic heterocycles. The lowest BCUT2D eigenvalue weighted by Crippen LogP contribution is -2.50. The molecule has 176 valence electrons. The molecule has 0 saturated heterocycles. The maximum Gasteiger partial charge on any atom is 0.0608 e. The number of hydrogen-bond acceptors (Lipinski definition) is 1. The van der Waals surface area contributed by atoms with E-state index in [0.717, 1.165) is 41.4 Å². The van der Waals surface area contributed by atoms with E-state index in [2.05, 4.69) is 59.8 Å². The minimum absolute atomic E-state index is 0.453. The van der Waals surface area contributed by atoms with Crippen molar-refractivity contribution in [3.63, 3.8) is 0 Å². The molecule has 4 rings (SSSR count). The van der Waals surface area contributed by atoms with Crippen molar-refractivity contribution < 1.29 is 4.74 Å². The van der Waals surface area contributed by atoms with Crippen LogP contribution in [0.3, 0.4) is 0 Å². The Bertz CT molecular complexity index is 689. The van der Waals surface area contributed by atoms with Gasteiger partial charge in [0.2, 0.25) is 0 Å². The number of allylic oxidation sites excluding steroid dienone is 3. The Morgan fingerprint density at radius 3 is 2.48 bits per heavy atom. The molecule has 9 atom stereocenters. The first-order valence-electron chi connectivity index (χ1n) is 13.6. The van der Waals surface area contributed by atoms with Crippen molar-refractivity contribution in [1.29, 1.82) is 0 Å². The van der Waals surface area contributed by atoms with Crippen molar-refractivity contribution in [2.24, 2.45) is 52.3 Å². The highest BCUT2D eigenvalue weighted by atomic mass is 16.5. The van der Waals surface area contributed by atoms with Gasteiger partial charge in [-0.05, 0) is 110 Å². The first-order chi connectivity index (χ1) is 14.7. The van der Waals surface area contributed by atoms with Crippen LogP contribution in [0.2, 0.25) is 0 Å². The lowest BCUT2D eigenvalue weighted by Gasteiger charge is -2.58. The molecule has 4 aliphatic rings. The van der Waals surface area contributed by atoms with Crippen molar-refractivity contribution in [3.05, 3.63) is 23.8 Å². The van der Waals surface area contributed by atoms with Crippen LogP contribution in [-0.2, 0) is 4.74 Å². The standard InChI is InChI=1S/C30H50O/c1-8-22(20(2)3)10-9-21(4)26-13-14-27-25-12-11-23-19-24(31-7)15-17-29(23,5)28(25)16-18-30(26,27)6/h9-11,20-22,24-28H,8,12-19H2,1-7H3/b10-9+/t21-,22-,24+,25+,26-,27-,28+,29+,30-/m1/s1. The maximum absolute atomic E-state index is 5.76. The molecule has 0 unspecified atom stereocenters. The van der Waals surface area contributed by atoms with E-state index in [1.807, 2.05) is 7.11 Å². The second-order valence-electron chi connectivity index (χ2n) is 12.6. The molecule has 1 heteroatoms. The van der Waals surface area contributed by atoms with Crippen LogP contribution in [0.15, 0.2) is 23.8 Å². The first-order valence-corrected chi connectivity index (χ1v) is 13.6. The molecule has 0 spiro atoms. The van der Waals surface area contributed by atoms with E-state index in [9.17, 15) is 0 Å². The second kappa shape index (κ2) is 9.00. The van der Waals surface area contributed by atoms with Gasteiger partial charge >= 0.3 is 0 Å². The predicted octanol–water partition coefficient (Wildman–Crippen LogP) is 8.45. The third-order valence-electron chi connectivity index (χ3n) is 11.1. The fourth-order valence-corrected chi connectivity index (χ4v) is 9.01. The molecular weight excluding hydrogens is 376 g/mol. The van der Waals surface area contributed by atoms with Gasteiger partial charge in [-0.1, -0.05) is 65.3 Å². The number of rotatable bonds is 6. The molecule has 1 nitrogen and oxygen atoms in total. The summed E-state index contributed by atoms with van der Waals surface area (Å²) >= 11 is 0. The zero-order valence-corrected chi connectivity index (χ0v) is 21.6. The van der Waals surface area contributed by atoms with Gasteiger partial charge in [0.1, 0.15) is 0 Å². The van der Waals surface area contributed by atoms with Crippen molar-refractivity contribution >= 4 is 0 Å². The number of ether oxygens (including phenoxy) is 1. The zero-order chi connectivity index (χ0) is 22.4. The van der Waals surface area contributed by atoms with E-state index in [0.29, 0.717) is 16.9 Å². The molecule has 0 aromatic carbocycles. The summed E-state index contributed by atoms with van der Waals surface area (Å²) in [7, 11) is 1.91. The van der Waals surface area contributed by atoms with E-state index in [1.54, 1.807) is 5.57 Å². The quantitative estimate of drug-likeness (QED) is 0.387. The summed E-state index contributed by atoms with van der Waals surface area (Å²) < 4.78 is 5.76. The molecule has 0 amide bonds. The Kier molecular flexibility index (Phi) is 6.85. The van der Waals surface area contributed by atoms with Gasteiger partial charge in [-0.15, -0.1) is 0 Å². The molecule has 3 fully saturated rings. The minimum Gasteiger partial charge on any atom is -0.381 e. The summed E-state index contributed by atoms with van der Waals surface area (Å²) in [5.41, 5.74) is 2.75. The molecule has 0 heterocycles. The van der Waals surface area contributed by atoms with Crippen LogP contribution in [0.25, 0.3) is 0 Å². The van der Waals surface area contributed by atoms with E-state index in [4.69, 9.17) is 4.74 Å². The molecule has 3 saturated carbocycles. The summed E-state index contributed by atoms with van der Waals surface area (Å²) in [4.78, 5) is 0. The smallest absolute Gasteiger partial charge is 0.0608 e. The normalized spacial score (nSPS) is 44.5. The van der Waals surface area contributed by atoms with Gasteiger partial charge in [0.15, 0.2) is 0 Å². The number of fused-ring (bicyclic) bond motifs is 5. The Hall–Kier alpha value is -0.560. The maximum atomic E-state index is 5.76. The van der Waals surface area contributed by atoms with Crippen molar-refractivity contribution in [3.8, 4) is 0 Å². The molecule has 0 aromatic rings. The van der Waals surface area contributed by atoms with Crippen LogP contribution in [-0.4, -0.2) is 13.2 Å². The summed E-state index contributed by atoms with van der Waals surface area (Å²) in [6.07, 6.45) is 20.6. The van der Waals surface area contributed by atoms with Crippen LogP contribution in [0, 0.1) is 52.3 Å². The molecule has 0 bridgehead atoms. The van der Waals surface area contributed by atoms with Crippen molar-refractivity contribution in [2.75, 3.05) is 7.11 Å². The predicted molar refractivity (Wildman–Crippen MR) is 133 cm³/mol. The van der Waals surface area contributed by atoms with Crippen LogP contribution in [0.4, 0.5) is 0 Å². The van der Waals surface area contributed by atoms with Gasteiger partial charge in [0.05, 0.1) is 6.10 Å². The van der Waals surface area contributed by atoms with Gasteiger partial charge < -0.3 is 4.74 Å². The topological polar surface area (TPSA) is 9.23 Å². The molecule has 4 aliphatic carbocycles. The highest BCUT2D eigenvalue weighted by Crippen LogP contribution is 2.67. The number of hydrogen-bond donors (Lipinski definition) is 0. The van der Waals surface area contributed by atoms with Gasteiger partial charge in [-0.2, -0.15) is 0 Å². The first kappa shape index (κ1) is 23.6. The number of methoxy groups -OCH3 is 1. The van der Waals surface area contributed by atoms with Crippen LogP contribution in [0.1, 0.15) is 99.3 Å². The Morgan fingerprint density at radius 1 is 1.03 bits per heavy atom. The second-order valence-corrected chi connectivity index (χ2v) is 12.6. The van der Waals surface area contributed by atoms with Crippen molar-refractivity contribution in [2.45, 2.75) is 105 Å². The summed E-state index contributed by atoms with van der Waals surface area (Å²) in [6.45, 7) is 14.9. The summed E-state index contributed by atoms with van der Waals surface area (Å²) in [5.74, 6) is 5.88. The van der Waals surface area contributed by atoms with Crippen LogP contribution < -0.4 is 0 Å². The molecule has 0 N–H and O–H groups in total. The lowest BCUT2D eigenvalue weighted by atomic mass is 9.47. The van der Waals surface area contributed by atoms with E-state index in [-0.39, 0.29) is 0 Å². The molecular formula is C30H50O. The molecule has 31 heavy (non-hydrogen) atoms. The molecule has 0 aliphatic heterocycles. The highest BCUT2D eigenvalue weighted by molar-refractivity contribution is 5.25. The summed E-state index contributed by atoms with van der Waals surface area (Å²) in [6, 6.07) is 0. The average Bonchev–Trinajstić information content (AvgIpc) is 3.10. The van der Waals surface area contributed by atoms with Crippen molar-refractivity contribution in [1.82, 2.24) is 0 Å². The van der Waals surface area contributed by atoms with Gasteiger partial charge in [-0.3, -0.25) is 0 Å². The lowest BCUT2D eigenvalue weighted by molar-refractivity contribution is -0.0572.